The Labute approximate surface area is 180 Å². The minimum absolute atomic E-state index is 0.0579. The number of anilines is 1. The zero-order valence-electron chi connectivity index (χ0n) is 18.1. The number of nitrogens with zero attached hydrogens (tertiary/aromatic N) is 5. The first-order chi connectivity index (χ1) is 14.8. The van der Waals surface area contributed by atoms with E-state index in [1.165, 1.54) is 0 Å². The molecule has 0 radical (unpaired) electrons. The number of methoxy groups -OCH3 is 1. The maximum Gasteiger partial charge on any atom is 0.407 e. The molecule has 1 saturated carbocycles. The molecule has 1 amide bonds. The van der Waals surface area contributed by atoms with E-state index in [-0.39, 0.29) is 18.2 Å². The number of benzene rings is 1. The van der Waals surface area contributed by atoms with E-state index in [2.05, 4.69) is 30.9 Å². The molecule has 10 heteroatoms. The SMILES string of the molecule is COc1ccc(-n2nnc3cnc(N[C@@H]4CC[C@H](NC(=O)OC(C)(C)C)C4)nc32)cc1. The summed E-state index contributed by atoms with van der Waals surface area (Å²) in [4.78, 5) is 21.0. The van der Waals surface area contributed by atoms with Crippen LogP contribution in [0.15, 0.2) is 30.5 Å². The van der Waals surface area contributed by atoms with Crippen LogP contribution in [0.3, 0.4) is 0 Å². The molecule has 2 heterocycles. The van der Waals surface area contributed by atoms with Crippen molar-refractivity contribution in [1.29, 1.82) is 0 Å². The highest BCUT2D eigenvalue weighted by molar-refractivity contribution is 5.72. The molecule has 0 aliphatic heterocycles. The first-order valence-corrected chi connectivity index (χ1v) is 10.3. The molecule has 4 rings (SSSR count). The molecule has 0 spiro atoms. The van der Waals surface area contributed by atoms with Crippen LogP contribution in [-0.2, 0) is 4.74 Å². The topological polar surface area (TPSA) is 116 Å². The summed E-state index contributed by atoms with van der Waals surface area (Å²) in [5.74, 6) is 1.27. The van der Waals surface area contributed by atoms with Gasteiger partial charge in [0.2, 0.25) is 5.95 Å². The Bertz CT molecular complexity index is 1060. The Hall–Kier alpha value is -3.43. The van der Waals surface area contributed by atoms with E-state index in [1.54, 1.807) is 18.0 Å². The van der Waals surface area contributed by atoms with Crippen molar-refractivity contribution in [1.82, 2.24) is 30.3 Å². The summed E-state index contributed by atoms with van der Waals surface area (Å²) in [6, 6.07) is 7.72. The van der Waals surface area contributed by atoms with E-state index in [4.69, 9.17) is 9.47 Å². The number of alkyl carbamates (subject to hydrolysis) is 1. The van der Waals surface area contributed by atoms with Crippen LogP contribution in [-0.4, -0.2) is 55.8 Å². The van der Waals surface area contributed by atoms with Crippen molar-refractivity contribution in [2.75, 3.05) is 12.4 Å². The summed E-state index contributed by atoms with van der Waals surface area (Å²) >= 11 is 0. The molecule has 3 aromatic rings. The molecule has 2 atom stereocenters. The standard InChI is InChI=1S/C21H27N7O3/c1-21(2,3)31-20(29)24-14-6-5-13(11-14)23-19-22-12-17-18(25-19)28(27-26-17)15-7-9-16(30-4)10-8-15/h7-10,12-14H,5-6,11H2,1-4H3,(H,24,29)(H,22,23,25)/t13-,14+/m1/s1. The van der Waals surface area contributed by atoms with Crippen LogP contribution in [0.2, 0.25) is 0 Å². The van der Waals surface area contributed by atoms with E-state index in [1.807, 2.05) is 45.0 Å². The van der Waals surface area contributed by atoms with Gasteiger partial charge in [0.1, 0.15) is 11.4 Å². The van der Waals surface area contributed by atoms with Crippen molar-refractivity contribution < 1.29 is 14.3 Å². The van der Waals surface area contributed by atoms with Gasteiger partial charge in [-0.3, -0.25) is 0 Å². The summed E-state index contributed by atoms with van der Waals surface area (Å²) in [6.45, 7) is 5.56. The summed E-state index contributed by atoms with van der Waals surface area (Å²) < 4.78 is 12.2. The lowest BCUT2D eigenvalue weighted by molar-refractivity contribution is 0.0505. The number of rotatable bonds is 5. The Morgan fingerprint density at radius 2 is 1.90 bits per heavy atom. The molecule has 31 heavy (non-hydrogen) atoms. The predicted molar refractivity (Wildman–Crippen MR) is 115 cm³/mol. The highest BCUT2D eigenvalue weighted by Gasteiger charge is 2.28. The van der Waals surface area contributed by atoms with Crippen molar-refractivity contribution in [2.45, 2.75) is 57.7 Å². The highest BCUT2D eigenvalue weighted by Crippen LogP contribution is 2.24. The Morgan fingerprint density at radius 3 is 2.61 bits per heavy atom. The van der Waals surface area contributed by atoms with Gasteiger partial charge < -0.3 is 20.1 Å². The Morgan fingerprint density at radius 1 is 1.16 bits per heavy atom. The van der Waals surface area contributed by atoms with Crippen molar-refractivity contribution in [3.05, 3.63) is 30.5 Å². The third kappa shape index (κ3) is 5.01. The third-order valence-electron chi connectivity index (χ3n) is 5.00. The number of hydrogen-bond acceptors (Lipinski definition) is 8. The zero-order chi connectivity index (χ0) is 22.0. The van der Waals surface area contributed by atoms with E-state index in [9.17, 15) is 4.79 Å². The van der Waals surface area contributed by atoms with Gasteiger partial charge in [-0.2, -0.15) is 9.67 Å². The largest absolute Gasteiger partial charge is 0.497 e. The first-order valence-electron chi connectivity index (χ1n) is 10.3. The average Bonchev–Trinajstić information content (AvgIpc) is 3.33. The lowest BCUT2D eigenvalue weighted by atomic mass is 10.2. The number of amides is 1. The average molecular weight is 425 g/mol. The van der Waals surface area contributed by atoms with E-state index < -0.39 is 5.60 Å². The molecule has 0 bridgehead atoms. The summed E-state index contributed by atoms with van der Waals surface area (Å²) in [5, 5.41) is 14.7. The van der Waals surface area contributed by atoms with Gasteiger partial charge in [-0.15, -0.1) is 5.10 Å². The fraction of sp³-hybridized carbons (Fsp3) is 0.476. The molecule has 1 aliphatic carbocycles. The van der Waals surface area contributed by atoms with Gasteiger partial charge in [0, 0.05) is 12.1 Å². The minimum atomic E-state index is -0.509. The second kappa shape index (κ2) is 8.37. The monoisotopic (exact) mass is 425 g/mol. The fourth-order valence-corrected chi connectivity index (χ4v) is 3.60. The number of aromatic nitrogens is 5. The van der Waals surface area contributed by atoms with Gasteiger partial charge >= 0.3 is 6.09 Å². The maximum atomic E-state index is 12.0. The predicted octanol–water partition coefficient (Wildman–Crippen LogP) is 3.08. The van der Waals surface area contributed by atoms with Gasteiger partial charge in [0.15, 0.2) is 11.2 Å². The fourth-order valence-electron chi connectivity index (χ4n) is 3.60. The zero-order valence-corrected chi connectivity index (χ0v) is 18.1. The van der Waals surface area contributed by atoms with Gasteiger partial charge in [-0.25, -0.2) is 9.78 Å². The molecule has 1 aliphatic rings. The third-order valence-corrected chi connectivity index (χ3v) is 5.00. The molecule has 1 aromatic carbocycles. The van der Waals surface area contributed by atoms with Crippen LogP contribution in [0, 0.1) is 0 Å². The smallest absolute Gasteiger partial charge is 0.407 e. The van der Waals surface area contributed by atoms with Crippen LogP contribution in [0.4, 0.5) is 10.7 Å². The van der Waals surface area contributed by atoms with Crippen molar-refractivity contribution in [2.24, 2.45) is 0 Å². The van der Waals surface area contributed by atoms with E-state index in [0.29, 0.717) is 17.1 Å². The second-order valence-corrected chi connectivity index (χ2v) is 8.60. The molecular weight excluding hydrogens is 398 g/mol. The van der Waals surface area contributed by atoms with Gasteiger partial charge in [0.25, 0.3) is 0 Å². The Balaban J connectivity index is 1.43. The lowest BCUT2D eigenvalue weighted by Crippen LogP contribution is -2.38. The summed E-state index contributed by atoms with van der Waals surface area (Å²) in [5.41, 5.74) is 1.54. The molecule has 2 aromatic heterocycles. The number of ether oxygens (including phenoxy) is 2. The molecule has 1 fully saturated rings. The van der Waals surface area contributed by atoms with E-state index >= 15 is 0 Å². The second-order valence-electron chi connectivity index (χ2n) is 8.60. The van der Waals surface area contributed by atoms with Gasteiger partial charge in [-0.05, 0) is 64.3 Å². The normalized spacial score (nSPS) is 18.7. The van der Waals surface area contributed by atoms with Crippen LogP contribution in [0.25, 0.3) is 16.9 Å². The number of carbonyl (C=O) groups excluding carboxylic acids is 1. The summed E-state index contributed by atoms with van der Waals surface area (Å²) in [7, 11) is 1.63. The molecule has 0 saturated heterocycles. The van der Waals surface area contributed by atoms with Crippen molar-refractivity contribution in [3.8, 4) is 11.4 Å². The highest BCUT2D eigenvalue weighted by atomic mass is 16.6. The van der Waals surface area contributed by atoms with E-state index in [0.717, 1.165) is 30.7 Å². The molecular formula is C21H27N7O3. The van der Waals surface area contributed by atoms with Crippen LogP contribution in [0.5, 0.6) is 5.75 Å². The first kappa shape index (κ1) is 20.8. The van der Waals surface area contributed by atoms with Gasteiger partial charge in [0.05, 0.1) is 19.0 Å². The number of nitrogens with one attached hydrogen (secondary N) is 2. The molecule has 2 N–H and O–H groups in total. The molecule has 164 valence electrons. The van der Waals surface area contributed by atoms with Gasteiger partial charge in [-0.1, -0.05) is 5.21 Å². The summed E-state index contributed by atoms with van der Waals surface area (Å²) in [6.07, 6.45) is 3.81. The molecule has 10 nitrogen and oxygen atoms in total. The maximum absolute atomic E-state index is 12.0. The minimum Gasteiger partial charge on any atom is -0.497 e. The lowest BCUT2D eigenvalue weighted by Gasteiger charge is -2.21. The van der Waals surface area contributed by atoms with Crippen LogP contribution in [0.1, 0.15) is 40.0 Å². The quantitative estimate of drug-likeness (QED) is 0.641. The Kier molecular flexibility index (Phi) is 5.62. The number of fused-ring (bicyclic) bond motifs is 1. The number of carbonyl (C=O) groups is 1. The van der Waals surface area contributed by atoms with Crippen LogP contribution >= 0.6 is 0 Å². The van der Waals surface area contributed by atoms with Crippen LogP contribution < -0.4 is 15.4 Å². The van der Waals surface area contributed by atoms with Crippen molar-refractivity contribution >= 4 is 23.2 Å². The van der Waals surface area contributed by atoms with Crippen molar-refractivity contribution in [3.63, 3.8) is 0 Å². The molecule has 0 unspecified atom stereocenters. The number of hydrogen-bond donors (Lipinski definition) is 2.